The van der Waals surface area contributed by atoms with Crippen molar-refractivity contribution in [2.75, 3.05) is 24.6 Å². The van der Waals surface area contributed by atoms with E-state index in [1.807, 2.05) is 37.3 Å². The first-order valence-electron chi connectivity index (χ1n) is 6.52. The van der Waals surface area contributed by atoms with Crippen LogP contribution in [0.2, 0.25) is 0 Å². The second-order valence-corrected chi connectivity index (χ2v) is 5.11. The molecule has 0 radical (unpaired) electrons. The number of rotatable bonds is 3. The van der Waals surface area contributed by atoms with Crippen LogP contribution < -0.4 is 22.9 Å². The van der Waals surface area contributed by atoms with Crippen molar-refractivity contribution >= 4 is 22.8 Å². The van der Waals surface area contributed by atoms with Crippen LogP contribution in [0.3, 0.4) is 0 Å². The van der Waals surface area contributed by atoms with Crippen LogP contribution in [0.1, 0.15) is 5.56 Å². The van der Waals surface area contributed by atoms with Crippen LogP contribution in [0, 0.1) is 12.3 Å². The molecule has 5 nitrogen and oxygen atoms in total. The lowest BCUT2D eigenvalue weighted by molar-refractivity contribution is 0.517. The topological polar surface area (TPSA) is 116 Å². The summed E-state index contributed by atoms with van der Waals surface area (Å²) in [6.07, 6.45) is 7.83. The Hall–Kier alpha value is -2.11. The fraction of sp³-hybridized carbons (Fsp3) is 0.267. The van der Waals surface area contributed by atoms with E-state index in [1.54, 1.807) is 6.07 Å². The number of nitrogens with zero attached hydrogens (tertiary/aromatic N) is 1. The molecule has 0 saturated heterocycles. The number of aliphatic imine (C=N–C) groups is 1. The van der Waals surface area contributed by atoms with Gasteiger partial charge in [-0.25, -0.2) is 4.99 Å². The van der Waals surface area contributed by atoms with Gasteiger partial charge < -0.3 is 22.9 Å². The lowest BCUT2D eigenvalue weighted by atomic mass is 9.84. The van der Waals surface area contributed by atoms with Crippen LogP contribution in [-0.4, -0.2) is 18.8 Å². The van der Waals surface area contributed by atoms with Gasteiger partial charge in [-0.2, -0.15) is 0 Å². The summed E-state index contributed by atoms with van der Waals surface area (Å²) in [5.41, 5.74) is 26.7. The first-order chi connectivity index (χ1) is 9.49. The largest absolute Gasteiger partial charge is 0.398 e. The summed E-state index contributed by atoms with van der Waals surface area (Å²) in [6.45, 7) is 2.89. The van der Waals surface area contributed by atoms with Gasteiger partial charge in [0.25, 0.3) is 0 Å². The van der Waals surface area contributed by atoms with Gasteiger partial charge in [-0.3, -0.25) is 0 Å². The van der Waals surface area contributed by atoms with Gasteiger partial charge in [0.05, 0.1) is 17.1 Å². The van der Waals surface area contributed by atoms with Gasteiger partial charge in [0.1, 0.15) is 0 Å². The number of anilines is 2. The highest BCUT2D eigenvalue weighted by atomic mass is 14.8. The molecule has 0 spiro atoms. The zero-order valence-electron chi connectivity index (χ0n) is 11.6. The third-order valence-corrected chi connectivity index (χ3v) is 3.60. The number of hydrogen-bond acceptors (Lipinski definition) is 5. The van der Waals surface area contributed by atoms with Crippen LogP contribution in [0.5, 0.6) is 0 Å². The average Bonchev–Trinajstić information content (AvgIpc) is 2.46. The molecule has 0 aliphatic heterocycles. The Bertz CT molecular complexity index is 577. The van der Waals surface area contributed by atoms with Crippen molar-refractivity contribution in [3.05, 3.63) is 42.0 Å². The molecule has 0 bridgehead atoms. The first-order valence-corrected chi connectivity index (χ1v) is 6.52. The van der Waals surface area contributed by atoms with Gasteiger partial charge in [-0.1, -0.05) is 12.2 Å². The van der Waals surface area contributed by atoms with Crippen LogP contribution in [0.4, 0.5) is 17.1 Å². The summed E-state index contributed by atoms with van der Waals surface area (Å²) < 4.78 is 0. The maximum atomic E-state index is 5.94. The fourth-order valence-electron chi connectivity index (χ4n) is 2.01. The number of nitrogens with two attached hydrogens (primary N) is 4. The summed E-state index contributed by atoms with van der Waals surface area (Å²) >= 11 is 0. The Kier molecular flexibility index (Phi) is 3.92. The van der Waals surface area contributed by atoms with Crippen molar-refractivity contribution in [1.29, 1.82) is 0 Å². The standard InChI is InChI=1S/C15H21N5/c1-10-6-14(13(19)7-12(10)18)20-11-2-4-15(8-16,9-17)5-3-11/h2-7H,8-9,16-19H2,1H3. The highest BCUT2D eigenvalue weighted by Gasteiger charge is 2.22. The molecule has 0 amide bonds. The van der Waals surface area contributed by atoms with Crippen molar-refractivity contribution in [1.82, 2.24) is 0 Å². The quantitative estimate of drug-likeness (QED) is 0.619. The molecule has 20 heavy (non-hydrogen) atoms. The second-order valence-electron chi connectivity index (χ2n) is 5.11. The third-order valence-electron chi connectivity index (χ3n) is 3.60. The maximum Gasteiger partial charge on any atom is 0.0870 e. The SMILES string of the molecule is Cc1cc(N=C2C=CC(CN)(CN)C=C2)c(N)cc1N. The van der Waals surface area contributed by atoms with Gasteiger partial charge in [0, 0.05) is 24.2 Å². The predicted molar refractivity (Wildman–Crippen MR) is 85.9 cm³/mol. The zero-order valence-corrected chi connectivity index (χ0v) is 11.6. The van der Waals surface area contributed by atoms with Crippen LogP contribution in [0.15, 0.2) is 41.4 Å². The number of benzene rings is 1. The predicted octanol–water partition coefficient (Wildman–Crippen LogP) is 1.26. The number of aryl methyl sites for hydroxylation is 1. The molecule has 1 aromatic carbocycles. The van der Waals surface area contributed by atoms with E-state index in [2.05, 4.69) is 4.99 Å². The van der Waals surface area contributed by atoms with Crippen molar-refractivity contribution in [2.24, 2.45) is 21.9 Å². The maximum absolute atomic E-state index is 5.94. The van der Waals surface area contributed by atoms with Crippen molar-refractivity contribution in [3.8, 4) is 0 Å². The van der Waals surface area contributed by atoms with Gasteiger partial charge >= 0.3 is 0 Å². The van der Waals surface area contributed by atoms with E-state index in [4.69, 9.17) is 22.9 Å². The number of nitrogen functional groups attached to an aromatic ring is 2. The van der Waals surface area contributed by atoms with E-state index in [-0.39, 0.29) is 5.41 Å². The smallest absolute Gasteiger partial charge is 0.0870 e. The molecule has 1 aliphatic carbocycles. The van der Waals surface area contributed by atoms with Crippen LogP contribution in [0.25, 0.3) is 0 Å². The minimum Gasteiger partial charge on any atom is -0.398 e. The molecule has 0 aromatic heterocycles. The number of hydrogen-bond donors (Lipinski definition) is 4. The summed E-state index contributed by atoms with van der Waals surface area (Å²) in [4.78, 5) is 4.53. The Morgan fingerprint density at radius 2 is 1.60 bits per heavy atom. The Morgan fingerprint density at radius 3 is 2.15 bits per heavy atom. The van der Waals surface area contributed by atoms with Gasteiger partial charge in [0.2, 0.25) is 0 Å². The zero-order chi connectivity index (χ0) is 14.8. The highest BCUT2D eigenvalue weighted by Crippen LogP contribution is 2.29. The monoisotopic (exact) mass is 271 g/mol. The molecular weight excluding hydrogens is 250 g/mol. The van der Waals surface area contributed by atoms with E-state index in [9.17, 15) is 0 Å². The van der Waals surface area contributed by atoms with E-state index in [0.29, 0.717) is 30.2 Å². The molecule has 0 unspecified atom stereocenters. The van der Waals surface area contributed by atoms with Gasteiger partial charge in [0.15, 0.2) is 0 Å². The van der Waals surface area contributed by atoms with Crippen LogP contribution in [-0.2, 0) is 0 Å². The van der Waals surface area contributed by atoms with Crippen molar-refractivity contribution in [2.45, 2.75) is 6.92 Å². The van der Waals surface area contributed by atoms with E-state index >= 15 is 0 Å². The molecule has 0 atom stereocenters. The van der Waals surface area contributed by atoms with E-state index in [1.165, 1.54) is 0 Å². The Balaban J connectivity index is 2.31. The van der Waals surface area contributed by atoms with Crippen molar-refractivity contribution < 1.29 is 0 Å². The third kappa shape index (κ3) is 2.74. The van der Waals surface area contributed by atoms with Gasteiger partial charge in [-0.15, -0.1) is 0 Å². The molecular formula is C15H21N5. The van der Waals surface area contributed by atoms with Crippen LogP contribution >= 0.6 is 0 Å². The summed E-state index contributed by atoms with van der Waals surface area (Å²) in [5, 5.41) is 0. The highest BCUT2D eigenvalue weighted by molar-refractivity contribution is 6.07. The minimum absolute atomic E-state index is 0.262. The molecule has 106 valence electrons. The number of allylic oxidation sites excluding steroid dienone is 2. The Morgan fingerprint density at radius 1 is 1.00 bits per heavy atom. The van der Waals surface area contributed by atoms with Crippen molar-refractivity contribution in [3.63, 3.8) is 0 Å². The molecule has 0 saturated carbocycles. The summed E-state index contributed by atoms with van der Waals surface area (Å²) in [7, 11) is 0. The lowest BCUT2D eigenvalue weighted by Gasteiger charge is -2.25. The Labute approximate surface area is 119 Å². The van der Waals surface area contributed by atoms with E-state index in [0.717, 1.165) is 11.3 Å². The fourth-order valence-corrected chi connectivity index (χ4v) is 2.01. The molecule has 8 N–H and O–H groups in total. The summed E-state index contributed by atoms with van der Waals surface area (Å²) in [5.74, 6) is 0. The molecule has 1 aromatic rings. The average molecular weight is 271 g/mol. The molecule has 5 heteroatoms. The summed E-state index contributed by atoms with van der Waals surface area (Å²) in [6, 6.07) is 3.61. The molecule has 0 fully saturated rings. The molecule has 0 heterocycles. The lowest BCUT2D eigenvalue weighted by Crippen LogP contribution is -2.35. The minimum atomic E-state index is -0.262. The molecule has 1 aliphatic rings. The first kappa shape index (κ1) is 14.3. The normalized spacial score (nSPS) is 16.4. The second kappa shape index (κ2) is 5.48. The van der Waals surface area contributed by atoms with Gasteiger partial charge in [-0.05, 0) is 36.8 Å². The molecule has 2 rings (SSSR count). The van der Waals surface area contributed by atoms with E-state index < -0.39 is 0 Å².